The summed E-state index contributed by atoms with van der Waals surface area (Å²) < 4.78 is 5.11. The van der Waals surface area contributed by atoms with Gasteiger partial charge in [-0.25, -0.2) is 0 Å². The molecule has 0 amide bonds. The van der Waals surface area contributed by atoms with Crippen molar-refractivity contribution in [2.75, 3.05) is 14.2 Å². The maximum atomic E-state index is 8.75. The molecule has 0 radical (unpaired) electrons. The second-order valence-corrected chi connectivity index (χ2v) is 4.31. The Morgan fingerprint density at radius 1 is 1.18 bits per heavy atom. The molecule has 0 unspecified atom stereocenters. The number of ether oxygens (including phenoxy) is 1. The molecule has 0 spiro atoms. The van der Waals surface area contributed by atoms with Crippen molar-refractivity contribution in [1.82, 2.24) is 0 Å². The van der Waals surface area contributed by atoms with Gasteiger partial charge >= 0.3 is 0 Å². The molecule has 22 heavy (non-hydrogen) atoms. The van der Waals surface area contributed by atoms with E-state index in [0.717, 1.165) is 11.3 Å². The molecule has 0 saturated heterocycles. The van der Waals surface area contributed by atoms with Gasteiger partial charge in [-0.1, -0.05) is 34.6 Å². The van der Waals surface area contributed by atoms with Crippen LogP contribution in [-0.2, 0) is 21.0 Å². The highest BCUT2D eigenvalue weighted by atomic mass is 16.6. The molecule has 116 valence electrons. The minimum Gasteiger partial charge on any atom is -0.479 e. The quantitative estimate of drug-likeness (QED) is 0.349. The molecular weight excluding hydrogens is 284 g/mol. The van der Waals surface area contributed by atoms with Crippen molar-refractivity contribution >= 4 is 17.3 Å². The van der Waals surface area contributed by atoms with E-state index in [1.165, 1.54) is 14.2 Å². The van der Waals surface area contributed by atoms with Crippen LogP contribution in [0.5, 0.6) is 0 Å². The van der Waals surface area contributed by atoms with E-state index >= 15 is 0 Å². The number of aliphatic imine (C=N–C) groups is 1. The molecule has 1 aromatic carbocycles. The zero-order valence-electron chi connectivity index (χ0n) is 13.0. The molecule has 0 atom stereocenters. The highest BCUT2D eigenvalue weighted by Crippen LogP contribution is 2.14. The van der Waals surface area contributed by atoms with Gasteiger partial charge in [0.25, 0.3) is 5.90 Å². The van der Waals surface area contributed by atoms with Crippen LogP contribution in [0.25, 0.3) is 0 Å². The van der Waals surface area contributed by atoms with Crippen LogP contribution < -0.4 is 0 Å². The van der Waals surface area contributed by atoms with Gasteiger partial charge in [0.15, 0.2) is 5.71 Å². The molecule has 0 fully saturated rings. The van der Waals surface area contributed by atoms with Crippen molar-refractivity contribution in [2.24, 2.45) is 15.3 Å². The van der Waals surface area contributed by atoms with E-state index < -0.39 is 0 Å². The number of nitrogens with zero attached hydrogens (tertiary/aromatic N) is 4. The maximum absolute atomic E-state index is 8.75. The van der Waals surface area contributed by atoms with Crippen LogP contribution in [0.3, 0.4) is 0 Å². The van der Waals surface area contributed by atoms with Crippen molar-refractivity contribution in [3.05, 3.63) is 35.4 Å². The Labute approximate surface area is 129 Å². The van der Waals surface area contributed by atoms with Crippen molar-refractivity contribution in [3.8, 4) is 6.19 Å². The number of hydrogen-bond acceptors (Lipinski definition) is 7. The number of oxime groups is 2. The fourth-order valence-electron chi connectivity index (χ4n) is 1.64. The van der Waals surface area contributed by atoms with E-state index in [1.807, 2.05) is 38.1 Å². The van der Waals surface area contributed by atoms with E-state index in [-0.39, 0.29) is 12.5 Å². The number of hydrogen-bond donors (Lipinski definition) is 0. The summed E-state index contributed by atoms with van der Waals surface area (Å²) >= 11 is 0. The van der Waals surface area contributed by atoms with E-state index in [4.69, 9.17) is 19.7 Å². The highest BCUT2D eigenvalue weighted by molar-refractivity contribution is 6.45. The van der Waals surface area contributed by atoms with Crippen molar-refractivity contribution in [1.29, 1.82) is 5.26 Å². The monoisotopic (exact) mass is 302 g/mol. The van der Waals surface area contributed by atoms with Gasteiger partial charge in [-0.3, -0.25) is 0 Å². The van der Waals surface area contributed by atoms with Gasteiger partial charge in [-0.2, -0.15) is 5.26 Å². The molecule has 0 aromatic heterocycles. The third kappa shape index (κ3) is 4.90. The Balaban J connectivity index is 3.21. The standard InChI is InChI=1S/C15H18N4O3/c1-11(2)18-22-9-12-7-5-6-8-13(12)14(19-21-4)15(20-3)17-10-16/h5-8H,9H2,1-4H3. The van der Waals surface area contributed by atoms with Gasteiger partial charge in [0.2, 0.25) is 6.19 Å². The Kier molecular flexibility index (Phi) is 7.13. The molecule has 0 bridgehead atoms. The summed E-state index contributed by atoms with van der Waals surface area (Å²) in [5.74, 6) is 0.0620. The van der Waals surface area contributed by atoms with E-state index in [9.17, 15) is 0 Å². The molecule has 0 N–H and O–H groups in total. The van der Waals surface area contributed by atoms with Crippen molar-refractivity contribution in [2.45, 2.75) is 20.5 Å². The molecule has 0 aliphatic heterocycles. The van der Waals surface area contributed by atoms with Gasteiger partial charge < -0.3 is 14.4 Å². The first-order valence-corrected chi connectivity index (χ1v) is 6.47. The van der Waals surface area contributed by atoms with E-state index in [1.54, 1.807) is 6.19 Å². The maximum Gasteiger partial charge on any atom is 0.254 e. The number of nitriles is 1. The predicted octanol–water partition coefficient (Wildman–Crippen LogP) is 2.48. The molecule has 1 aromatic rings. The van der Waals surface area contributed by atoms with E-state index in [2.05, 4.69) is 15.3 Å². The zero-order valence-corrected chi connectivity index (χ0v) is 13.0. The minimum atomic E-state index is 0.0620. The summed E-state index contributed by atoms with van der Waals surface area (Å²) in [5.41, 5.74) is 2.62. The van der Waals surface area contributed by atoms with Crippen LogP contribution in [-0.4, -0.2) is 31.5 Å². The lowest BCUT2D eigenvalue weighted by Crippen LogP contribution is -2.20. The van der Waals surface area contributed by atoms with Gasteiger partial charge in [0.1, 0.15) is 13.7 Å². The molecule has 0 heterocycles. The lowest BCUT2D eigenvalue weighted by atomic mass is 10.0. The second-order valence-electron chi connectivity index (χ2n) is 4.31. The average Bonchev–Trinajstić information content (AvgIpc) is 2.51. The smallest absolute Gasteiger partial charge is 0.254 e. The summed E-state index contributed by atoms with van der Waals surface area (Å²) in [6.45, 7) is 3.92. The zero-order chi connectivity index (χ0) is 16.4. The highest BCUT2D eigenvalue weighted by Gasteiger charge is 2.17. The van der Waals surface area contributed by atoms with Gasteiger partial charge in [-0.15, -0.1) is 4.99 Å². The molecular formula is C15H18N4O3. The molecule has 7 heteroatoms. The fourth-order valence-corrected chi connectivity index (χ4v) is 1.64. The number of rotatable bonds is 6. The largest absolute Gasteiger partial charge is 0.479 e. The summed E-state index contributed by atoms with van der Waals surface area (Å²) in [5, 5.41) is 16.6. The number of benzene rings is 1. The Morgan fingerprint density at radius 3 is 2.50 bits per heavy atom. The second kappa shape index (κ2) is 9.13. The molecule has 7 nitrogen and oxygen atoms in total. The van der Waals surface area contributed by atoms with Crippen molar-refractivity contribution < 1.29 is 14.4 Å². The fraction of sp³-hybridized carbons (Fsp3) is 0.333. The van der Waals surface area contributed by atoms with E-state index in [0.29, 0.717) is 11.3 Å². The van der Waals surface area contributed by atoms with Gasteiger partial charge in [-0.05, 0) is 13.8 Å². The third-order valence-corrected chi connectivity index (χ3v) is 2.47. The number of methoxy groups -OCH3 is 1. The summed E-state index contributed by atoms with van der Waals surface area (Å²) in [7, 11) is 2.81. The Morgan fingerprint density at radius 2 is 1.91 bits per heavy atom. The van der Waals surface area contributed by atoms with Crippen LogP contribution in [0.2, 0.25) is 0 Å². The third-order valence-electron chi connectivity index (χ3n) is 2.47. The topological polar surface area (TPSA) is 88.6 Å². The lowest BCUT2D eigenvalue weighted by Gasteiger charge is -2.11. The van der Waals surface area contributed by atoms with Crippen LogP contribution in [0, 0.1) is 11.5 Å². The molecule has 0 aliphatic rings. The Hall–Kier alpha value is -2.88. The van der Waals surface area contributed by atoms with Crippen molar-refractivity contribution in [3.63, 3.8) is 0 Å². The summed E-state index contributed by atoms with van der Waals surface area (Å²) in [4.78, 5) is 13.7. The summed E-state index contributed by atoms with van der Waals surface area (Å²) in [6, 6.07) is 7.37. The van der Waals surface area contributed by atoms with Gasteiger partial charge in [0, 0.05) is 11.1 Å². The van der Waals surface area contributed by atoms with Crippen LogP contribution >= 0.6 is 0 Å². The SMILES string of the molecule is CON=C(C(=NC#N)OC)c1ccccc1CON=C(C)C. The normalized spacial score (nSPS) is 11.4. The molecule has 1 rings (SSSR count). The van der Waals surface area contributed by atoms with Crippen LogP contribution in [0.4, 0.5) is 0 Å². The first-order valence-electron chi connectivity index (χ1n) is 6.47. The lowest BCUT2D eigenvalue weighted by molar-refractivity contribution is 0.130. The molecule has 0 saturated carbocycles. The Bertz CT molecular complexity index is 626. The van der Waals surface area contributed by atoms with Crippen LogP contribution in [0.15, 0.2) is 39.6 Å². The predicted molar refractivity (Wildman–Crippen MR) is 83.6 cm³/mol. The molecule has 0 aliphatic carbocycles. The average molecular weight is 302 g/mol. The minimum absolute atomic E-state index is 0.0620. The summed E-state index contributed by atoms with van der Waals surface area (Å²) in [6.07, 6.45) is 1.68. The first-order chi connectivity index (χ1) is 10.6. The van der Waals surface area contributed by atoms with Crippen LogP contribution in [0.1, 0.15) is 25.0 Å². The van der Waals surface area contributed by atoms with Gasteiger partial charge in [0.05, 0.1) is 12.8 Å². The first kappa shape index (κ1) is 17.2.